The Kier molecular flexibility index (Phi) is 4.48. The summed E-state index contributed by atoms with van der Waals surface area (Å²) in [5, 5.41) is 0. The van der Waals surface area contributed by atoms with E-state index in [2.05, 4.69) is 0 Å². The van der Waals surface area contributed by atoms with Crippen molar-refractivity contribution in [2.24, 2.45) is 0 Å². The van der Waals surface area contributed by atoms with Crippen LogP contribution in [0.2, 0.25) is 0 Å². The van der Waals surface area contributed by atoms with Gasteiger partial charge in [-0.2, -0.15) is 8.42 Å². The Morgan fingerprint density at radius 2 is 1.50 bits per heavy atom. The largest absolute Gasteiger partial charge is 0.286 e. The second-order valence-corrected chi connectivity index (χ2v) is 2.20. The standard InChI is InChI=1S/CH4O3S.Ti/c1-5(2,3)4;/h1H3,(H,2,3,4);. The molecule has 0 bridgehead atoms. The summed E-state index contributed by atoms with van der Waals surface area (Å²) in [4.78, 5) is 0. The second-order valence-electron chi connectivity index (χ2n) is 0.733. The molecule has 6 heavy (non-hydrogen) atoms. The van der Waals surface area contributed by atoms with E-state index in [1.807, 2.05) is 0 Å². The van der Waals surface area contributed by atoms with E-state index in [9.17, 15) is 8.42 Å². The molecular weight excluding hydrogens is 140 g/mol. The minimum absolute atomic E-state index is 0. The first-order valence-electron chi connectivity index (χ1n) is 0.924. The van der Waals surface area contributed by atoms with Crippen LogP contribution in [0.25, 0.3) is 0 Å². The summed E-state index contributed by atoms with van der Waals surface area (Å²) < 4.78 is 25.9. The molecule has 3 nitrogen and oxygen atoms in total. The maximum absolute atomic E-state index is 9.19. The first-order chi connectivity index (χ1) is 2.00. The zero-order chi connectivity index (χ0) is 4.50. The fourth-order valence-electron chi connectivity index (χ4n) is 0. The molecule has 0 atom stereocenters. The monoisotopic (exact) mass is 144 g/mol. The van der Waals surface area contributed by atoms with Gasteiger partial charge in [-0.25, -0.2) is 0 Å². The molecule has 0 aromatic heterocycles. The maximum Gasteiger partial charge on any atom is 0.261 e. The van der Waals surface area contributed by atoms with Gasteiger partial charge in [0.2, 0.25) is 0 Å². The fraction of sp³-hybridized carbons (Fsp3) is 1.00. The molecule has 0 amide bonds. The van der Waals surface area contributed by atoms with E-state index in [1.165, 1.54) is 0 Å². The number of rotatable bonds is 0. The van der Waals surface area contributed by atoms with Gasteiger partial charge >= 0.3 is 0 Å². The molecule has 0 aromatic carbocycles. The Morgan fingerprint density at radius 3 is 1.50 bits per heavy atom. The van der Waals surface area contributed by atoms with Gasteiger partial charge in [-0.1, -0.05) is 0 Å². The first kappa shape index (κ1) is 9.80. The summed E-state index contributed by atoms with van der Waals surface area (Å²) in [6, 6.07) is 0. The van der Waals surface area contributed by atoms with E-state index >= 15 is 0 Å². The van der Waals surface area contributed by atoms with Crippen molar-refractivity contribution >= 4 is 10.1 Å². The summed E-state index contributed by atoms with van der Waals surface area (Å²) in [6.45, 7) is 0. The molecular formula is CH4O3STi. The molecule has 0 aromatic rings. The topological polar surface area (TPSA) is 54.4 Å². The Labute approximate surface area is 51.4 Å². The predicted octanol–water partition coefficient (Wildman–Crippen LogP) is -0.498. The minimum Gasteiger partial charge on any atom is -0.286 e. The Balaban J connectivity index is 0. The molecule has 0 unspecified atom stereocenters. The van der Waals surface area contributed by atoms with Crippen molar-refractivity contribution in [3.8, 4) is 0 Å². The zero-order valence-corrected chi connectivity index (χ0v) is 5.55. The molecule has 0 rings (SSSR count). The van der Waals surface area contributed by atoms with Gasteiger partial charge in [0.15, 0.2) is 0 Å². The van der Waals surface area contributed by atoms with Crippen LogP contribution in [0.1, 0.15) is 0 Å². The van der Waals surface area contributed by atoms with E-state index in [0.717, 1.165) is 0 Å². The second kappa shape index (κ2) is 2.74. The maximum atomic E-state index is 9.19. The third kappa shape index (κ3) is 156. The van der Waals surface area contributed by atoms with E-state index < -0.39 is 10.1 Å². The van der Waals surface area contributed by atoms with E-state index in [0.29, 0.717) is 6.26 Å². The third-order valence-electron chi connectivity index (χ3n) is 0. The minimum atomic E-state index is -3.67. The summed E-state index contributed by atoms with van der Waals surface area (Å²) >= 11 is 0. The molecule has 0 fully saturated rings. The van der Waals surface area contributed by atoms with Crippen LogP contribution in [0.5, 0.6) is 0 Å². The van der Waals surface area contributed by atoms with E-state index in [-0.39, 0.29) is 21.7 Å². The van der Waals surface area contributed by atoms with Gasteiger partial charge in [-0.05, 0) is 0 Å². The SMILES string of the molecule is CS(=O)(=O)O.[Ti]. The van der Waals surface area contributed by atoms with E-state index in [1.54, 1.807) is 0 Å². The Bertz CT molecular complexity index is 94.0. The van der Waals surface area contributed by atoms with Gasteiger partial charge in [0.1, 0.15) is 0 Å². The van der Waals surface area contributed by atoms with Crippen molar-refractivity contribution in [3.05, 3.63) is 0 Å². The van der Waals surface area contributed by atoms with Crippen LogP contribution < -0.4 is 0 Å². The quantitative estimate of drug-likeness (QED) is 0.368. The third-order valence-corrected chi connectivity index (χ3v) is 0. The molecule has 0 aliphatic rings. The van der Waals surface area contributed by atoms with Gasteiger partial charge in [-0.3, -0.25) is 4.55 Å². The van der Waals surface area contributed by atoms with Crippen LogP contribution in [0.15, 0.2) is 0 Å². The van der Waals surface area contributed by atoms with Crippen LogP contribution in [0.4, 0.5) is 0 Å². The molecule has 0 saturated heterocycles. The van der Waals surface area contributed by atoms with Gasteiger partial charge < -0.3 is 0 Å². The smallest absolute Gasteiger partial charge is 0.261 e. The first-order valence-corrected chi connectivity index (χ1v) is 2.77. The van der Waals surface area contributed by atoms with E-state index in [4.69, 9.17) is 4.55 Å². The zero-order valence-electron chi connectivity index (χ0n) is 3.17. The Hall–Kier alpha value is 0.624. The molecule has 1 N–H and O–H groups in total. The Morgan fingerprint density at radius 1 is 1.50 bits per heavy atom. The van der Waals surface area contributed by atoms with Crippen molar-refractivity contribution in [1.82, 2.24) is 0 Å². The van der Waals surface area contributed by atoms with Gasteiger partial charge in [0, 0.05) is 21.7 Å². The number of hydrogen-bond donors (Lipinski definition) is 1. The van der Waals surface area contributed by atoms with Gasteiger partial charge in [-0.15, -0.1) is 0 Å². The van der Waals surface area contributed by atoms with Crippen LogP contribution in [-0.4, -0.2) is 19.2 Å². The number of hydrogen-bond acceptors (Lipinski definition) is 2. The van der Waals surface area contributed by atoms with Crippen molar-refractivity contribution in [1.29, 1.82) is 0 Å². The average molecular weight is 144 g/mol. The summed E-state index contributed by atoms with van der Waals surface area (Å²) in [5.74, 6) is 0. The van der Waals surface area contributed by atoms with Crippen molar-refractivity contribution < 1.29 is 34.7 Å². The van der Waals surface area contributed by atoms with Crippen molar-refractivity contribution in [2.45, 2.75) is 0 Å². The van der Waals surface area contributed by atoms with Gasteiger partial charge in [0.05, 0.1) is 6.26 Å². The van der Waals surface area contributed by atoms with Crippen LogP contribution >= 0.6 is 0 Å². The average Bonchev–Trinajstić information content (AvgIpc) is 0.722. The fourth-order valence-corrected chi connectivity index (χ4v) is 0. The summed E-state index contributed by atoms with van der Waals surface area (Å²) in [5.41, 5.74) is 0. The molecule has 36 valence electrons. The molecule has 0 spiro atoms. The molecule has 0 heterocycles. The molecule has 5 heteroatoms. The van der Waals surface area contributed by atoms with Crippen molar-refractivity contribution in [2.75, 3.05) is 6.26 Å². The molecule has 0 saturated carbocycles. The molecule has 0 radical (unpaired) electrons. The van der Waals surface area contributed by atoms with Crippen LogP contribution in [-0.2, 0) is 31.8 Å². The van der Waals surface area contributed by atoms with Crippen LogP contribution in [0, 0.1) is 0 Å². The summed E-state index contributed by atoms with van der Waals surface area (Å²) in [6.07, 6.45) is 0.715. The predicted molar refractivity (Wildman–Crippen MR) is 17.5 cm³/mol. The molecule has 0 aliphatic carbocycles. The normalized spacial score (nSPS) is 9.67. The van der Waals surface area contributed by atoms with Gasteiger partial charge in [0.25, 0.3) is 10.1 Å². The summed E-state index contributed by atoms with van der Waals surface area (Å²) in [7, 11) is -3.67. The van der Waals surface area contributed by atoms with Crippen LogP contribution in [0.3, 0.4) is 0 Å². The molecule has 0 aliphatic heterocycles. The van der Waals surface area contributed by atoms with Crippen molar-refractivity contribution in [3.63, 3.8) is 0 Å².